The van der Waals surface area contributed by atoms with Gasteiger partial charge in [-0.2, -0.15) is 0 Å². The quantitative estimate of drug-likeness (QED) is 0.0405. The van der Waals surface area contributed by atoms with Gasteiger partial charge < -0.3 is 156 Å². The monoisotopic (exact) mass is 1390 g/mol. The highest BCUT2D eigenvalue weighted by atomic mass is 16.6. The highest BCUT2D eigenvalue weighted by Gasteiger charge is 2.15. The minimum atomic E-state index is -0.456. The van der Waals surface area contributed by atoms with E-state index in [4.69, 9.17) is 146 Å². The fourth-order valence-electron chi connectivity index (χ4n) is 7.13. The third-order valence-corrected chi connectivity index (χ3v) is 11.9. The molecule has 95 heavy (non-hydrogen) atoms. The second kappa shape index (κ2) is 82.6. The molecule has 568 valence electrons. The number of amides is 1. The lowest BCUT2D eigenvalue weighted by Crippen LogP contribution is -2.37. The number of ether oxygens (including phenoxy) is 26. The summed E-state index contributed by atoms with van der Waals surface area (Å²) >= 11 is 0. The number of Topliss-reactive ketones (excluding diaryl/α,β-unsaturated/α-hetero) is 1. The molecule has 0 aliphatic rings. The smallest absolute Gasteiger partial charge is 0.220 e. The molecular weight excluding hydrogens is 1260 g/mol. The van der Waals surface area contributed by atoms with Crippen LogP contribution in [-0.4, -0.2) is 386 Å². The van der Waals surface area contributed by atoms with E-state index in [0.717, 1.165) is 0 Å². The molecule has 0 aliphatic carbocycles. The maximum absolute atomic E-state index is 12.3. The number of hydrogen-bond donors (Lipinski definition) is 5. The number of hydrogen-bond acceptors (Lipinski definition) is 32. The Kier molecular flexibility index (Phi) is 80.8. The zero-order chi connectivity index (χ0) is 68.6. The van der Waals surface area contributed by atoms with Crippen LogP contribution in [0, 0.1) is 0 Å². The molecule has 33 nitrogen and oxygen atoms in total. The van der Waals surface area contributed by atoms with Crippen molar-refractivity contribution in [2.75, 3.05) is 356 Å². The summed E-state index contributed by atoms with van der Waals surface area (Å²) in [6, 6.07) is 0. The largest absolute Gasteiger partial charge is 0.378 e. The van der Waals surface area contributed by atoms with Crippen molar-refractivity contribution in [2.45, 2.75) is 38.1 Å². The van der Waals surface area contributed by atoms with Gasteiger partial charge in [0.05, 0.1) is 330 Å². The van der Waals surface area contributed by atoms with Gasteiger partial charge >= 0.3 is 0 Å². The van der Waals surface area contributed by atoms with Crippen LogP contribution in [0.4, 0.5) is 0 Å². The second-order valence-corrected chi connectivity index (χ2v) is 20.0. The molecule has 3 atom stereocenters. The van der Waals surface area contributed by atoms with Gasteiger partial charge in [0.1, 0.15) is 18.0 Å². The minimum Gasteiger partial charge on any atom is -0.378 e. The molecule has 33 heteroatoms. The fraction of sp³-hybridized carbons (Fsp3) is 0.968. The SMILES string of the molecule is CC(=O)CCC(=O)NCC(COCCOCCOCCOCCOCC(COCCOCCOCCOCCN)OCCOCCOCCOCCN)OCCOCCOCCOCCOCC(COCCOCCOCCOCCN)OCCOCCOCCOCCN. The van der Waals surface area contributed by atoms with Crippen LogP contribution in [0.25, 0.3) is 0 Å². The first-order valence-corrected chi connectivity index (χ1v) is 33.7. The number of carbonyl (C=O) groups is 2. The van der Waals surface area contributed by atoms with Crippen LogP contribution < -0.4 is 28.3 Å². The molecule has 0 aromatic heterocycles. The first kappa shape index (κ1) is 92.9. The summed E-state index contributed by atoms with van der Waals surface area (Å²) in [6.45, 7) is 23.3. The normalized spacial score (nSPS) is 12.7. The average Bonchev–Trinajstić information content (AvgIpc) is 3.80. The van der Waals surface area contributed by atoms with Crippen molar-refractivity contribution in [1.82, 2.24) is 5.32 Å². The molecule has 0 rings (SSSR count). The number of nitrogens with two attached hydrogens (primary N) is 4. The predicted molar refractivity (Wildman–Crippen MR) is 347 cm³/mol. The van der Waals surface area contributed by atoms with E-state index in [2.05, 4.69) is 5.32 Å². The van der Waals surface area contributed by atoms with Crippen LogP contribution in [0.2, 0.25) is 0 Å². The van der Waals surface area contributed by atoms with Crippen molar-refractivity contribution < 1.29 is 133 Å². The number of carbonyl (C=O) groups excluding carboxylic acids is 2. The summed E-state index contributed by atoms with van der Waals surface area (Å²) < 4.78 is 147. The highest BCUT2D eigenvalue weighted by Crippen LogP contribution is 2.01. The molecule has 1 amide bonds. The Labute approximate surface area is 565 Å². The third kappa shape index (κ3) is 79.1. The lowest BCUT2D eigenvalue weighted by Gasteiger charge is -2.19. The number of rotatable bonds is 86. The average molecular weight is 1390 g/mol. The van der Waals surface area contributed by atoms with E-state index >= 15 is 0 Å². The van der Waals surface area contributed by atoms with Crippen molar-refractivity contribution >= 4 is 11.7 Å². The second-order valence-electron chi connectivity index (χ2n) is 20.0. The van der Waals surface area contributed by atoms with E-state index in [1.807, 2.05) is 0 Å². The fourth-order valence-corrected chi connectivity index (χ4v) is 7.13. The number of nitrogens with one attached hydrogen (secondary N) is 1. The molecule has 9 N–H and O–H groups in total. The van der Waals surface area contributed by atoms with Crippen LogP contribution in [-0.2, 0) is 133 Å². The zero-order valence-electron chi connectivity index (χ0n) is 57.6. The van der Waals surface area contributed by atoms with Gasteiger partial charge in [0.2, 0.25) is 5.91 Å². The van der Waals surface area contributed by atoms with Gasteiger partial charge in [-0.25, -0.2) is 0 Å². The van der Waals surface area contributed by atoms with Gasteiger partial charge in [-0.15, -0.1) is 0 Å². The summed E-state index contributed by atoms with van der Waals surface area (Å²) in [5, 5.41) is 2.82. The summed E-state index contributed by atoms with van der Waals surface area (Å²) in [5.41, 5.74) is 21.7. The molecule has 0 aliphatic heterocycles. The minimum absolute atomic E-state index is 0.0608. The Balaban J connectivity index is 4.35. The molecule has 0 bridgehead atoms. The van der Waals surface area contributed by atoms with Crippen molar-refractivity contribution in [1.29, 1.82) is 0 Å². The molecule has 0 heterocycles. The van der Waals surface area contributed by atoms with E-state index in [9.17, 15) is 9.59 Å². The van der Waals surface area contributed by atoms with Gasteiger partial charge in [0.25, 0.3) is 0 Å². The lowest BCUT2D eigenvalue weighted by atomic mass is 10.2. The topological polar surface area (TPSA) is 390 Å². The molecule has 0 spiro atoms. The van der Waals surface area contributed by atoms with E-state index < -0.39 is 6.10 Å². The Morgan fingerprint density at radius 1 is 0.232 bits per heavy atom. The van der Waals surface area contributed by atoms with Gasteiger partial charge in [0.15, 0.2) is 0 Å². The molecule has 0 aromatic carbocycles. The van der Waals surface area contributed by atoms with Crippen molar-refractivity contribution in [3.63, 3.8) is 0 Å². The van der Waals surface area contributed by atoms with E-state index in [-0.39, 0.29) is 56.5 Å². The summed E-state index contributed by atoms with van der Waals surface area (Å²) in [4.78, 5) is 23.7. The van der Waals surface area contributed by atoms with Crippen molar-refractivity contribution in [3.05, 3.63) is 0 Å². The molecule has 3 unspecified atom stereocenters. The van der Waals surface area contributed by atoms with Gasteiger partial charge in [0, 0.05) is 45.6 Å². The van der Waals surface area contributed by atoms with Crippen LogP contribution in [0.1, 0.15) is 19.8 Å². The van der Waals surface area contributed by atoms with Crippen molar-refractivity contribution in [2.24, 2.45) is 22.9 Å². The lowest BCUT2D eigenvalue weighted by molar-refractivity contribution is -0.125. The van der Waals surface area contributed by atoms with Gasteiger partial charge in [-0.1, -0.05) is 0 Å². The molecule has 0 aromatic rings. The zero-order valence-corrected chi connectivity index (χ0v) is 57.6. The van der Waals surface area contributed by atoms with Gasteiger partial charge in [-0.05, 0) is 6.92 Å². The Morgan fingerprint density at radius 2 is 0.400 bits per heavy atom. The highest BCUT2D eigenvalue weighted by molar-refractivity contribution is 5.83. The molecule has 0 fully saturated rings. The van der Waals surface area contributed by atoms with E-state index in [1.54, 1.807) is 0 Å². The maximum atomic E-state index is 12.3. The molecule has 0 saturated carbocycles. The Bertz CT molecular complexity index is 1490. The first-order chi connectivity index (χ1) is 47.0. The summed E-state index contributed by atoms with van der Waals surface area (Å²) in [7, 11) is 0. The molecule has 0 radical (unpaired) electrons. The van der Waals surface area contributed by atoms with Crippen molar-refractivity contribution in [3.8, 4) is 0 Å². The third-order valence-electron chi connectivity index (χ3n) is 11.9. The van der Waals surface area contributed by atoms with Gasteiger partial charge in [-0.3, -0.25) is 4.79 Å². The predicted octanol–water partition coefficient (Wildman–Crippen LogP) is -2.16. The Morgan fingerprint density at radius 3 is 0.600 bits per heavy atom. The van der Waals surface area contributed by atoms with Crippen LogP contribution >= 0.6 is 0 Å². The first-order valence-electron chi connectivity index (χ1n) is 33.7. The maximum Gasteiger partial charge on any atom is 0.220 e. The summed E-state index contributed by atoms with van der Waals surface area (Å²) in [6.07, 6.45) is -0.837. The van der Waals surface area contributed by atoms with Crippen LogP contribution in [0.5, 0.6) is 0 Å². The molecular formula is C62H127N5O28. The standard InChI is InChI=1S/C62H127N5O28/c1-58(68)2-3-62(69)67-52-59(93-49-46-85-33-32-79-24-29-84-40-45-92-57-61(95-51-48-87-35-31-77-19-15-73-11-7-66)55-90-43-38-82-26-21-75-17-13-71-9-5-64)53-88-41-36-80-27-22-78-23-28-83-39-44-91-56-60(94-50-47-86-34-30-76-18-14-72-10-6-65)54-89-42-37-81-25-20-74-16-12-70-8-4-63/h59-61H,2-57,63-66H2,1H3,(H,67,69). The molecule has 0 saturated heterocycles. The van der Waals surface area contributed by atoms with Crippen LogP contribution in [0.15, 0.2) is 0 Å². The Hall–Kier alpha value is -2.06. The van der Waals surface area contributed by atoms with Crippen LogP contribution in [0.3, 0.4) is 0 Å². The van der Waals surface area contributed by atoms with E-state index in [0.29, 0.717) is 337 Å². The van der Waals surface area contributed by atoms with E-state index in [1.165, 1.54) is 6.92 Å². The number of ketones is 1. The summed E-state index contributed by atoms with van der Waals surface area (Å²) in [5.74, 6) is -0.307.